The van der Waals surface area contributed by atoms with Crippen LogP contribution in [0.25, 0.3) is 0 Å². The summed E-state index contributed by atoms with van der Waals surface area (Å²) >= 11 is 0. The molecule has 0 bridgehead atoms. The fourth-order valence-corrected chi connectivity index (χ4v) is 2.64. The van der Waals surface area contributed by atoms with Crippen molar-refractivity contribution in [2.24, 2.45) is 0 Å². The van der Waals surface area contributed by atoms with Crippen LogP contribution in [0.15, 0.2) is 54.6 Å². The number of hydrogen-bond donors (Lipinski definition) is 3. The predicted molar refractivity (Wildman–Crippen MR) is 103 cm³/mol. The minimum atomic E-state index is -4.30. The molecule has 0 unspecified atom stereocenters. The molecule has 0 fully saturated rings. The molecule has 0 atom stereocenters. The van der Waals surface area contributed by atoms with E-state index < -0.39 is 19.7 Å². The average molecular weight is 428 g/mol. The Morgan fingerprint density at radius 2 is 1.65 bits per heavy atom. The number of ether oxygens (including phenoxy) is 1. The maximum Gasteiger partial charge on any atom is 0.334 e. The normalized spacial score (nSPS) is 10.2. The van der Waals surface area contributed by atoms with Gasteiger partial charge >= 0.3 is 7.60 Å². The number of amides is 1. The van der Waals surface area contributed by atoms with E-state index in [4.69, 9.17) is 14.5 Å². The Labute approximate surface area is 238 Å². The Hall–Kier alpha value is 1.13. The number of nitrogens with one attached hydrogen (secondary N) is 1. The van der Waals surface area contributed by atoms with Gasteiger partial charge in [-0.2, -0.15) is 0 Å². The number of aryl methyl sites for hydroxylation is 1. The van der Waals surface area contributed by atoms with Crippen LogP contribution >= 0.6 is 7.60 Å². The maximum absolute atomic E-state index is 11.3. The molecule has 0 aliphatic carbocycles. The number of carbonyl (C=O) groups excluding carboxylic acids is 1. The van der Waals surface area contributed by atoms with Crippen LogP contribution in [0, 0.1) is 0 Å². The molecular formula is C17H20K2NO5P. The van der Waals surface area contributed by atoms with E-state index in [2.05, 4.69) is 5.32 Å². The predicted octanol–water partition coefficient (Wildman–Crippen LogP) is 1.94. The molecule has 1 amide bonds. The van der Waals surface area contributed by atoms with Gasteiger partial charge in [-0.05, 0) is 42.7 Å². The quantitative estimate of drug-likeness (QED) is 0.340. The molecule has 2 rings (SSSR count). The van der Waals surface area contributed by atoms with E-state index in [1.807, 2.05) is 54.6 Å². The van der Waals surface area contributed by atoms with Crippen molar-refractivity contribution in [3.05, 3.63) is 60.2 Å². The molecule has 0 saturated heterocycles. The first-order chi connectivity index (χ1) is 11.4. The summed E-state index contributed by atoms with van der Waals surface area (Å²) in [6.45, 7) is 0.364. The van der Waals surface area contributed by atoms with Gasteiger partial charge < -0.3 is 19.8 Å². The summed E-state index contributed by atoms with van der Waals surface area (Å²) in [6.07, 6.45) is 0.622. The first-order valence-corrected chi connectivity index (χ1v) is 9.35. The molecule has 0 aliphatic rings. The van der Waals surface area contributed by atoms with Crippen LogP contribution in [0.5, 0.6) is 11.5 Å². The van der Waals surface area contributed by atoms with Crippen LogP contribution in [-0.2, 0) is 15.8 Å². The average Bonchev–Trinajstić information content (AvgIpc) is 2.51. The van der Waals surface area contributed by atoms with Crippen LogP contribution in [0.3, 0.4) is 0 Å². The van der Waals surface area contributed by atoms with Gasteiger partial charge in [-0.25, -0.2) is 0 Å². The maximum atomic E-state index is 11.3. The third kappa shape index (κ3) is 11.9. The van der Waals surface area contributed by atoms with Gasteiger partial charge in [0.1, 0.15) is 17.7 Å². The fraction of sp³-hybridized carbons (Fsp3) is 0.235. The van der Waals surface area contributed by atoms with E-state index in [0.29, 0.717) is 13.0 Å². The Kier molecular flexibility index (Phi) is 14.8. The van der Waals surface area contributed by atoms with Gasteiger partial charge in [-0.15, -0.1) is 0 Å². The van der Waals surface area contributed by atoms with E-state index >= 15 is 0 Å². The Morgan fingerprint density at radius 3 is 2.31 bits per heavy atom. The molecule has 2 aromatic rings. The summed E-state index contributed by atoms with van der Waals surface area (Å²) in [4.78, 5) is 28.7. The van der Waals surface area contributed by atoms with Crippen molar-refractivity contribution in [1.29, 1.82) is 0 Å². The van der Waals surface area contributed by atoms with Gasteiger partial charge in [0.15, 0.2) is 0 Å². The van der Waals surface area contributed by atoms with Crippen LogP contribution < -0.4 is 10.1 Å². The van der Waals surface area contributed by atoms with Gasteiger partial charge in [0.2, 0.25) is 5.91 Å². The SMILES string of the molecule is O=C(CP(=O)(O)O)NCCCc1cccc(Oc2ccccc2)c1.[K].[K]. The van der Waals surface area contributed by atoms with Gasteiger partial charge in [0.25, 0.3) is 0 Å². The summed E-state index contributed by atoms with van der Waals surface area (Å²) in [5.74, 6) is 0.869. The third-order valence-corrected chi connectivity index (χ3v) is 3.89. The van der Waals surface area contributed by atoms with E-state index in [1.54, 1.807) is 0 Å². The summed E-state index contributed by atoms with van der Waals surface area (Å²) in [6, 6.07) is 17.2. The van der Waals surface area contributed by atoms with E-state index in [9.17, 15) is 9.36 Å². The zero-order valence-corrected chi connectivity index (χ0v) is 22.2. The summed E-state index contributed by atoms with van der Waals surface area (Å²) < 4.78 is 16.5. The smallest absolute Gasteiger partial charge is 0.334 e. The van der Waals surface area contributed by atoms with E-state index in [0.717, 1.165) is 23.5 Å². The van der Waals surface area contributed by atoms with Gasteiger partial charge in [-0.1, -0.05) is 30.3 Å². The molecule has 2 radical (unpaired) electrons. The molecule has 0 aromatic heterocycles. The number of rotatable bonds is 8. The van der Waals surface area contributed by atoms with E-state index in [-0.39, 0.29) is 103 Å². The summed E-state index contributed by atoms with van der Waals surface area (Å²) in [5, 5.41) is 2.50. The first kappa shape index (κ1) is 27.1. The van der Waals surface area contributed by atoms with Gasteiger partial charge in [-0.3, -0.25) is 9.36 Å². The number of para-hydroxylation sites is 1. The Bertz CT molecular complexity index is 724. The van der Waals surface area contributed by atoms with E-state index in [1.165, 1.54) is 0 Å². The zero-order valence-electron chi connectivity index (χ0n) is 15.1. The second kappa shape index (κ2) is 14.2. The molecule has 6 nitrogen and oxygen atoms in total. The monoisotopic (exact) mass is 427 g/mol. The molecule has 0 aliphatic heterocycles. The number of hydrogen-bond acceptors (Lipinski definition) is 3. The van der Waals surface area contributed by atoms with Crippen molar-refractivity contribution in [3.63, 3.8) is 0 Å². The van der Waals surface area contributed by atoms with Crippen molar-refractivity contribution in [2.45, 2.75) is 12.8 Å². The minimum Gasteiger partial charge on any atom is -0.457 e. The fourth-order valence-electron chi connectivity index (χ4n) is 2.15. The molecule has 130 valence electrons. The molecule has 9 heteroatoms. The summed E-state index contributed by atoms with van der Waals surface area (Å²) in [7, 11) is -4.30. The van der Waals surface area contributed by atoms with Crippen molar-refractivity contribution in [2.75, 3.05) is 12.7 Å². The van der Waals surface area contributed by atoms with Crippen LogP contribution in [-0.4, -0.2) is 131 Å². The van der Waals surface area contributed by atoms with Crippen molar-refractivity contribution in [1.82, 2.24) is 5.32 Å². The number of benzene rings is 2. The topological polar surface area (TPSA) is 95.9 Å². The number of carbonyl (C=O) groups is 1. The summed E-state index contributed by atoms with van der Waals surface area (Å²) in [5.41, 5.74) is 1.06. The first-order valence-electron chi connectivity index (χ1n) is 7.55. The van der Waals surface area contributed by atoms with Gasteiger partial charge in [0, 0.05) is 109 Å². The minimum absolute atomic E-state index is 0. The standard InChI is InChI=1S/C17H20NO5P.2K/c19-17(13-24(20,21)22)18-11-5-7-14-6-4-10-16(12-14)23-15-8-2-1-3-9-15;;/h1-4,6,8-10,12H,5,7,11,13H2,(H,18,19)(H2,20,21,22);;. The zero-order chi connectivity index (χ0) is 17.4. The van der Waals surface area contributed by atoms with Crippen molar-refractivity contribution in [3.8, 4) is 11.5 Å². The van der Waals surface area contributed by atoms with Crippen LogP contribution in [0.2, 0.25) is 0 Å². The molecule has 26 heavy (non-hydrogen) atoms. The molecule has 3 N–H and O–H groups in total. The second-order valence-electron chi connectivity index (χ2n) is 5.34. The molecule has 0 saturated carbocycles. The van der Waals surface area contributed by atoms with Gasteiger partial charge in [0.05, 0.1) is 0 Å². The van der Waals surface area contributed by atoms with Crippen LogP contribution in [0.4, 0.5) is 0 Å². The third-order valence-electron chi connectivity index (χ3n) is 3.19. The van der Waals surface area contributed by atoms with Crippen LogP contribution in [0.1, 0.15) is 12.0 Å². The molecule has 0 spiro atoms. The Balaban J connectivity index is 0.00000312. The Morgan fingerprint density at radius 1 is 1.00 bits per heavy atom. The molecular weight excluding hydrogens is 407 g/mol. The second-order valence-corrected chi connectivity index (χ2v) is 6.98. The van der Waals surface area contributed by atoms with Crippen molar-refractivity contribution >= 4 is 116 Å². The van der Waals surface area contributed by atoms with Crippen molar-refractivity contribution < 1.29 is 23.9 Å². The molecule has 0 heterocycles. The molecule has 2 aromatic carbocycles. The largest absolute Gasteiger partial charge is 0.457 e.